The van der Waals surface area contributed by atoms with Crippen LogP contribution in [0.25, 0.3) is 22.3 Å². The highest BCUT2D eigenvalue weighted by Crippen LogP contribution is 2.46. The number of aromatic nitrogens is 2. The van der Waals surface area contributed by atoms with Crippen LogP contribution in [0.15, 0.2) is 61.2 Å². The van der Waals surface area contributed by atoms with Gasteiger partial charge < -0.3 is 5.73 Å². The summed E-state index contributed by atoms with van der Waals surface area (Å²) in [6, 6.07) is 14.5. The van der Waals surface area contributed by atoms with Crippen molar-refractivity contribution in [1.82, 2.24) is 9.97 Å². The molecule has 0 saturated heterocycles. The SMILES string of the molecule is N[C@@H]1c2ccccc2-c2c(-c3cncnc3)cccc21. The minimum Gasteiger partial charge on any atom is -0.320 e. The second-order valence-corrected chi connectivity index (χ2v) is 4.96. The largest absolute Gasteiger partial charge is 0.320 e. The van der Waals surface area contributed by atoms with Crippen molar-refractivity contribution in [3.63, 3.8) is 0 Å². The first-order valence-corrected chi connectivity index (χ1v) is 6.59. The molecule has 96 valence electrons. The van der Waals surface area contributed by atoms with Gasteiger partial charge in [-0.05, 0) is 27.8 Å². The van der Waals surface area contributed by atoms with Crippen molar-refractivity contribution < 1.29 is 0 Å². The summed E-state index contributed by atoms with van der Waals surface area (Å²) in [5, 5.41) is 0. The highest BCUT2D eigenvalue weighted by atomic mass is 14.8. The second-order valence-electron chi connectivity index (χ2n) is 4.96. The standard InChI is InChI=1S/C17H13N3/c18-17-14-5-2-1-4-13(14)16-12(6-3-7-15(16)17)11-8-19-10-20-9-11/h1-10,17H,18H2/t17-/m1/s1. The highest BCUT2D eigenvalue weighted by molar-refractivity contribution is 5.90. The van der Waals surface area contributed by atoms with Crippen LogP contribution in [0.1, 0.15) is 17.2 Å². The van der Waals surface area contributed by atoms with Crippen molar-refractivity contribution in [1.29, 1.82) is 0 Å². The Labute approximate surface area is 117 Å². The van der Waals surface area contributed by atoms with E-state index in [9.17, 15) is 0 Å². The zero-order chi connectivity index (χ0) is 13.5. The van der Waals surface area contributed by atoms with Crippen molar-refractivity contribution in [2.75, 3.05) is 0 Å². The van der Waals surface area contributed by atoms with E-state index < -0.39 is 0 Å². The van der Waals surface area contributed by atoms with Gasteiger partial charge in [0.2, 0.25) is 0 Å². The smallest absolute Gasteiger partial charge is 0.115 e. The molecule has 20 heavy (non-hydrogen) atoms. The maximum absolute atomic E-state index is 6.37. The van der Waals surface area contributed by atoms with Gasteiger partial charge in [0.1, 0.15) is 6.33 Å². The Bertz CT molecular complexity index is 781. The average Bonchev–Trinajstić information content (AvgIpc) is 2.82. The predicted molar refractivity (Wildman–Crippen MR) is 78.9 cm³/mol. The Balaban J connectivity index is 2.04. The summed E-state index contributed by atoms with van der Waals surface area (Å²) in [5.41, 5.74) is 13.3. The van der Waals surface area contributed by atoms with E-state index in [1.807, 2.05) is 24.5 Å². The summed E-state index contributed by atoms with van der Waals surface area (Å²) in [6.07, 6.45) is 5.23. The lowest BCUT2D eigenvalue weighted by Gasteiger charge is -2.09. The third kappa shape index (κ3) is 1.50. The zero-order valence-electron chi connectivity index (χ0n) is 10.8. The maximum Gasteiger partial charge on any atom is 0.115 e. The molecule has 1 aliphatic rings. The molecule has 0 amide bonds. The van der Waals surface area contributed by atoms with Crippen LogP contribution in [0.2, 0.25) is 0 Å². The minimum atomic E-state index is -0.0502. The molecule has 3 nitrogen and oxygen atoms in total. The van der Waals surface area contributed by atoms with Gasteiger partial charge in [-0.2, -0.15) is 0 Å². The lowest BCUT2D eigenvalue weighted by atomic mass is 9.96. The molecule has 0 spiro atoms. The van der Waals surface area contributed by atoms with Gasteiger partial charge in [0.25, 0.3) is 0 Å². The normalized spacial score (nSPS) is 15.8. The first-order chi connectivity index (χ1) is 9.86. The van der Waals surface area contributed by atoms with Crippen molar-refractivity contribution in [2.24, 2.45) is 5.73 Å². The Morgan fingerprint density at radius 1 is 0.800 bits per heavy atom. The topological polar surface area (TPSA) is 51.8 Å². The number of nitrogens with zero attached hydrogens (tertiary/aromatic N) is 2. The van der Waals surface area contributed by atoms with Crippen molar-refractivity contribution in [3.05, 3.63) is 72.3 Å². The van der Waals surface area contributed by atoms with Gasteiger partial charge >= 0.3 is 0 Å². The summed E-state index contributed by atoms with van der Waals surface area (Å²) < 4.78 is 0. The highest BCUT2D eigenvalue weighted by Gasteiger charge is 2.27. The van der Waals surface area contributed by atoms with Gasteiger partial charge in [-0.25, -0.2) is 9.97 Å². The zero-order valence-corrected chi connectivity index (χ0v) is 10.8. The Hall–Kier alpha value is -2.52. The monoisotopic (exact) mass is 259 g/mol. The molecular weight excluding hydrogens is 246 g/mol. The molecule has 2 N–H and O–H groups in total. The van der Waals surface area contributed by atoms with Crippen LogP contribution in [-0.4, -0.2) is 9.97 Å². The average molecular weight is 259 g/mol. The predicted octanol–water partition coefficient (Wildman–Crippen LogP) is 3.17. The quantitative estimate of drug-likeness (QED) is 0.730. The van der Waals surface area contributed by atoms with E-state index in [-0.39, 0.29) is 6.04 Å². The van der Waals surface area contributed by atoms with E-state index in [2.05, 4.69) is 40.3 Å². The summed E-state index contributed by atoms with van der Waals surface area (Å²) >= 11 is 0. The number of nitrogens with two attached hydrogens (primary N) is 1. The molecular formula is C17H13N3. The van der Waals surface area contributed by atoms with Crippen LogP contribution in [0.4, 0.5) is 0 Å². The van der Waals surface area contributed by atoms with E-state index in [1.54, 1.807) is 6.33 Å². The van der Waals surface area contributed by atoms with E-state index in [1.165, 1.54) is 22.3 Å². The van der Waals surface area contributed by atoms with E-state index in [4.69, 9.17) is 5.73 Å². The lowest BCUT2D eigenvalue weighted by Crippen LogP contribution is -2.07. The fourth-order valence-electron chi connectivity index (χ4n) is 2.97. The summed E-state index contributed by atoms with van der Waals surface area (Å²) in [6.45, 7) is 0. The van der Waals surface area contributed by atoms with Crippen LogP contribution in [0.5, 0.6) is 0 Å². The molecule has 3 heteroatoms. The van der Waals surface area contributed by atoms with Crippen LogP contribution in [0, 0.1) is 0 Å². The maximum atomic E-state index is 6.37. The lowest BCUT2D eigenvalue weighted by molar-refractivity contribution is 0.901. The van der Waals surface area contributed by atoms with Gasteiger partial charge in [0.15, 0.2) is 0 Å². The summed E-state index contributed by atoms with van der Waals surface area (Å²) in [4.78, 5) is 8.24. The van der Waals surface area contributed by atoms with E-state index in [0.717, 1.165) is 11.1 Å². The van der Waals surface area contributed by atoms with Gasteiger partial charge in [-0.15, -0.1) is 0 Å². The van der Waals surface area contributed by atoms with Gasteiger partial charge in [0, 0.05) is 18.0 Å². The summed E-state index contributed by atoms with van der Waals surface area (Å²) in [5.74, 6) is 0. The molecule has 1 aromatic heterocycles. The third-order valence-corrected chi connectivity index (χ3v) is 3.87. The minimum absolute atomic E-state index is 0.0502. The molecule has 3 aromatic rings. The first-order valence-electron chi connectivity index (χ1n) is 6.59. The van der Waals surface area contributed by atoms with Crippen LogP contribution < -0.4 is 5.73 Å². The molecule has 0 aliphatic heterocycles. The second kappa shape index (κ2) is 4.25. The summed E-state index contributed by atoms with van der Waals surface area (Å²) in [7, 11) is 0. The van der Waals surface area contributed by atoms with Gasteiger partial charge in [0.05, 0.1) is 6.04 Å². The fourth-order valence-corrected chi connectivity index (χ4v) is 2.97. The van der Waals surface area contributed by atoms with E-state index >= 15 is 0 Å². The Kier molecular flexibility index (Phi) is 2.41. The molecule has 0 fully saturated rings. The molecule has 0 saturated carbocycles. The third-order valence-electron chi connectivity index (χ3n) is 3.87. The van der Waals surface area contributed by atoms with Crippen molar-refractivity contribution in [2.45, 2.75) is 6.04 Å². The van der Waals surface area contributed by atoms with Crippen LogP contribution in [0.3, 0.4) is 0 Å². The molecule has 4 rings (SSSR count). The number of rotatable bonds is 1. The fraction of sp³-hybridized carbons (Fsp3) is 0.0588. The number of hydrogen-bond acceptors (Lipinski definition) is 3. The van der Waals surface area contributed by atoms with E-state index in [0.29, 0.717) is 0 Å². The molecule has 1 heterocycles. The molecule has 0 unspecified atom stereocenters. The number of fused-ring (bicyclic) bond motifs is 3. The van der Waals surface area contributed by atoms with Crippen LogP contribution in [-0.2, 0) is 0 Å². The molecule has 2 aromatic carbocycles. The van der Waals surface area contributed by atoms with Gasteiger partial charge in [-0.3, -0.25) is 0 Å². The first kappa shape index (κ1) is 11.3. The molecule has 1 atom stereocenters. The van der Waals surface area contributed by atoms with Crippen LogP contribution >= 0.6 is 0 Å². The number of hydrogen-bond donors (Lipinski definition) is 1. The Morgan fingerprint density at radius 3 is 2.35 bits per heavy atom. The molecule has 0 radical (unpaired) electrons. The van der Waals surface area contributed by atoms with Crippen molar-refractivity contribution in [3.8, 4) is 22.3 Å². The van der Waals surface area contributed by atoms with Crippen molar-refractivity contribution >= 4 is 0 Å². The number of benzene rings is 2. The molecule has 0 bridgehead atoms. The molecule has 1 aliphatic carbocycles. The van der Waals surface area contributed by atoms with Gasteiger partial charge in [-0.1, -0.05) is 42.5 Å². The Morgan fingerprint density at radius 2 is 1.50 bits per heavy atom.